The van der Waals surface area contributed by atoms with Crippen molar-refractivity contribution in [2.45, 2.75) is 32.6 Å². The third-order valence-corrected chi connectivity index (χ3v) is 7.10. The fourth-order valence-corrected chi connectivity index (χ4v) is 5.49. The van der Waals surface area contributed by atoms with Crippen LogP contribution in [-0.2, 0) is 4.79 Å². The Bertz CT molecular complexity index is 1370. The largest absolute Gasteiger partial charge is 0.507 e. The molecule has 0 spiro atoms. The van der Waals surface area contributed by atoms with Gasteiger partial charge in [0.1, 0.15) is 11.6 Å². The molecule has 0 unspecified atom stereocenters. The van der Waals surface area contributed by atoms with Crippen molar-refractivity contribution < 1.29 is 9.90 Å². The summed E-state index contributed by atoms with van der Waals surface area (Å²) >= 11 is 6.69. The van der Waals surface area contributed by atoms with Crippen LogP contribution in [0.2, 0.25) is 5.02 Å². The molecule has 3 aromatic carbocycles. The maximum atomic E-state index is 13.8. The highest BCUT2D eigenvalue weighted by Crippen LogP contribution is 2.52. The molecule has 2 aliphatic rings. The van der Waals surface area contributed by atoms with Gasteiger partial charge in [-0.2, -0.15) is 0 Å². The second-order valence-electron chi connectivity index (χ2n) is 9.90. The zero-order valence-corrected chi connectivity index (χ0v) is 20.5. The molecule has 3 aromatic rings. The van der Waals surface area contributed by atoms with Crippen LogP contribution in [0.5, 0.6) is 0 Å². The topological polar surface area (TPSA) is 64.4 Å². The monoisotopic (exact) mass is 482 g/mol. The van der Waals surface area contributed by atoms with Gasteiger partial charge in [-0.25, -0.2) is 0 Å². The summed E-state index contributed by atoms with van der Waals surface area (Å²) in [6, 6.07) is 26.2. The number of nitrogens with one attached hydrogen (secondary N) is 1. The van der Waals surface area contributed by atoms with Gasteiger partial charge < -0.3 is 5.11 Å². The number of hydrogen-bond acceptors (Lipinski definition) is 3. The zero-order valence-electron chi connectivity index (χ0n) is 19.8. The highest BCUT2D eigenvalue weighted by molar-refractivity contribution is 6.32. The Morgan fingerprint density at radius 3 is 2.20 bits per heavy atom. The molecule has 4 nitrogen and oxygen atoms in total. The lowest BCUT2D eigenvalue weighted by Crippen LogP contribution is -2.45. The third-order valence-electron chi connectivity index (χ3n) is 6.76. The minimum Gasteiger partial charge on any atom is -0.507 e. The van der Waals surface area contributed by atoms with E-state index in [2.05, 4.69) is 13.8 Å². The molecule has 0 fully saturated rings. The van der Waals surface area contributed by atoms with E-state index in [-0.39, 0.29) is 22.8 Å². The summed E-state index contributed by atoms with van der Waals surface area (Å²) in [5, 5.41) is 21.5. The molecule has 0 amide bonds. The maximum absolute atomic E-state index is 13.8. The van der Waals surface area contributed by atoms with Crippen molar-refractivity contribution in [2.24, 2.45) is 5.41 Å². The molecule has 1 heterocycles. The fourth-order valence-electron chi connectivity index (χ4n) is 5.25. The molecule has 1 aliphatic carbocycles. The van der Waals surface area contributed by atoms with E-state index in [0.29, 0.717) is 40.1 Å². The lowest BCUT2D eigenvalue weighted by Gasteiger charge is -2.45. The number of allylic oxidation sites excluding steroid dienone is 2. The van der Waals surface area contributed by atoms with E-state index >= 15 is 0 Å². The smallest absolute Gasteiger partial charge is 0.162 e. The average Bonchev–Trinajstić information content (AvgIpc) is 2.84. The summed E-state index contributed by atoms with van der Waals surface area (Å²) in [6.45, 7) is 4.16. The lowest BCUT2D eigenvalue weighted by molar-refractivity contribution is -0.118. The minimum atomic E-state index is -0.644. The first-order valence-corrected chi connectivity index (χ1v) is 12.1. The number of carbonyl (C=O) groups excluding carboxylic acids is 1. The number of anilines is 1. The first-order valence-electron chi connectivity index (χ1n) is 11.7. The Morgan fingerprint density at radius 2 is 1.54 bits per heavy atom. The summed E-state index contributed by atoms with van der Waals surface area (Å²) in [6.07, 6.45) is 1.02. The van der Waals surface area contributed by atoms with E-state index in [1.54, 1.807) is 6.07 Å². The number of amidine groups is 1. The quantitative estimate of drug-likeness (QED) is 0.379. The van der Waals surface area contributed by atoms with Crippen LogP contribution in [0.1, 0.15) is 43.7 Å². The number of nitrogens with zero attached hydrogens (tertiary/aromatic N) is 1. The van der Waals surface area contributed by atoms with Gasteiger partial charge in [0, 0.05) is 45.5 Å². The van der Waals surface area contributed by atoms with E-state index < -0.39 is 5.92 Å². The third kappa shape index (κ3) is 4.08. The first-order chi connectivity index (χ1) is 16.8. The van der Waals surface area contributed by atoms with Crippen molar-refractivity contribution in [3.8, 4) is 0 Å². The minimum absolute atomic E-state index is 0.0213. The van der Waals surface area contributed by atoms with Gasteiger partial charge in [-0.05, 0) is 35.6 Å². The number of para-hydroxylation sites is 1. The predicted octanol–water partition coefficient (Wildman–Crippen LogP) is 7.53. The summed E-state index contributed by atoms with van der Waals surface area (Å²) < 4.78 is 0. The number of carbonyl (C=O) groups is 1. The number of benzene rings is 3. The van der Waals surface area contributed by atoms with Crippen LogP contribution in [0.25, 0.3) is 5.76 Å². The molecule has 5 heteroatoms. The van der Waals surface area contributed by atoms with Crippen LogP contribution in [0.15, 0.2) is 102 Å². The Labute approximate surface area is 210 Å². The number of halogens is 1. The van der Waals surface area contributed by atoms with Gasteiger partial charge in [0.15, 0.2) is 5.78 Å². The molecular weight excluding hydrogens is 456 g/mol. The van der Waals surface area contributed by atoms with Crippen LogP contribution in [0, 0.1) is 10.8 Å². The van der Waals surface area contributed by atoms with Crippen LogP contribution in [0.4, 0.5) is 5.69 Å². The van der Waals surface area contributed by atoms with Crippen LogP contribution in [-0.4, -0.2) is 16.7 Å². The maximum Gasteiger partial charge on any atom is 0.162 e. The summed E-state index contributed by atoms with van der Waals surface area (Å²) in [4.78, 5) is 15.7. The summed E-state index contributed by atoms with van der Waals surface area (Å²) in [7, 11) is 0. The Morgan fingerprint density at radius 1 is 0.943 bits per heavy atom. The number of Topliss-reactive ketones (excluding diaryl/α,β-unsaturated/α-hetero) is 1. The normalized spacial score (nSPS) is 21.1. The lowest BCUT2D eigenvalue weighted by atomic mass is 9.67. The van der Waals surface area contributed by atoms with Gasteiger partial charge in [0.05, 0.1) is 0 Å². The molecule has 0 aromatic heterocycles. The molecule has 0 saturated heterocycles. The number of aliphatic hydroxyl groups is 1. The van der Waals surface area contributed by atoms with E-state index in [1.165, 1.54) is 0 Å². The van der Waals surface area contributed by atoms with Gasteiger partial charge in [-0.1, -0.05) is 92.2 Å². The van der Waals surface area contributed by atoms with Crippen molar-refractivity contribution in [3.63, 3.8) is 0 Å². The molecule has 0 bridgehead atoms. The standard InChI is InChI=1S/C30H27ClN2O2/c1-30(2)17-23-26(24(34)18-30)25(21-15-9-10-16-22(21)31)27(28(35)19-11-5-3-6-12-19)29(32)33(23)20-13-7-4-8-14-20/h3-16,25,32,35H,17-18H2,1-2H3/t25-/m0/s1. The highest BCUT2D eigenvalue weighted by Gasteiger charge is 2.47. The average molecular weight is 483 g/mol. The predicted molar refractivity (Wildman–Crippen MR) is 142 cm³/mol. The summed E-state index contributed by atoms with van der Waals surface area (Å²) in [5.41, 5.74) is 3.62. The van der Waals surface area contributed by atoms with E-state index in [9.17, 15) is 15.3 Å². The van der Waals surface area contributed by atoms with E-state index in [4.69, 9.17) is 11.6 Å². The molecule has 1 aliphatic heterocycles. The Kier molecular flexibility index (Phi) is 5.86. The SMILES string of the molecule is CC1(C)CC(=O)C2=C(C1)N(c1ccccc1)C(=N)C(=C(O)c1ccccc1)[C@H]2c1ccccc1Cl. The summed E-state index contributed by atoms with van der Waals surface area (Å²) in [5.74, 6) is -0.500. The van der Waals surface area contributed by atoms with Gasteiger partial charge in [-0.15, -0.1) is 0 Å². The van der Waals surface area contributed by atoms with Crippen molar-refractivity contribution in [1.82, 2.24) is 0 Å². The molecule has 2 N–H and O–H groups in total. The molecule has 1 atom stereocenters. The molecule has 176 valence electrons. The van der Waals surface area contributed by atoms with Gasteiger partial charge in [0.25, 0.3) is 0 Å². The van der Waals surface area contributed by atoms with Crippen LogP contribution < -0.4 is 4.90 Å². The fraction of sp³-hybridized carbons (Fsp3) is 0.200. The number of rotatable bonds is 3. The molecule has 0 radical (unpaired) electrons. The van der Waals surface area contributed by atoms with Crippen LogP contribution in [0.3, 0.4) is 0 Å². The van der Waals surface area contributed by atoms with Crippen molar-refractivity contribution >= 4 is 34.7 Å². The molecule has 5 rings (SSSR count). The molecule has 0 saturated carbocycles. The van der Waals surface area contributed by atoms with Gasteiger partial charge in [-0.3, -0.25) is 15.1 Å². The van der Waals surface area contributed by atoms with Gasteiger partial charge >= 0.3 is 0 Å². The van der Waals surface area contributed by atoms with Crippen molar-refractivity contribution in [1.29, 1.82) is 5.41 Å². The van der Waals surface area contributed by atoms with E-state index in [0.717, 1.165) is 11.4 Å². The van der Waals surface area contributed by atoms with Gasteiger partial charge in [0.2, 0.25) is 0 Å². The molecular formula is C30H27ClN2O2. The second-order valence-corrected chi connectivity index (χ2v) is 10.3. The number of ketones is 1. The highest BCUT2D eigenvalue weighted by atomic mass is 35.5. The second kappa shape index (κ2) is 8.86. The Hall–Kier alpha value is -3.63. The van der Waals surface area contributed by atoms with Crippen molar-refractivity contribution in [2.75, 3.05) is 4.90 Å². The van der Waals surface area contributed by atoms with E-state index in [1.807, 2.05) is 83.8 Å². The van der Waals surface area contributed by atoms with Crippen molar-refractivity contribution in [3.05, 3.63) is 118 Å². The number of aliphatic hydroxyl groups excluding tert-OH is 1. The number of hydrogen-bond donors (Lipinski definition) is 2. The Balaban J connectivity index is 1.87. The first kappa shape index (κ1) is 23.1. The molecule has 35 heavy (non-hydrogen) atoms. The van der Waals surface area contributed by atoms with Crippen LogP contribution >= 0.6 is 11.6 Å². The zero-order chi connectivity index (χ0) is 24.7.